The zero-order valence-corrected chi connectivity index (χ0v) is 18.0. The van der Waals surface area contributed by atoms with E-state index in [1.54, 1.807) is 4.90 Å². The van der Waals surface area contributed by atoms with E-state index >= 15 is 0 Å². The van der Waals surface area contributed by atoms with Crippen LogP contribution in [0.25, 0.3) is 11.0 Å². The Balaban J connectivity index is 1.90. The molecule has 1 amide bonds. The summed E-state index contributed by atoms with van der Waals surface area (Å²) in [5.41, 5.74) is 3.44. The molecule has 0 unspecified atom stereocenters. The van der Waals surface area contributed by atoms with Crippen molar-refractivity contribution in [2.24, 2.45) is 0 Å². The van der Waals surface area contributed by atoms with Crippen molar-refractivity contribution in [1.82, 2.24) is 24.2 Å². The Hall–Kier alpha value is -2.63. The molecule has 0 radical (unpaired) electrons. The van der Waals surface area contributed by atoms with E-state index in [9.17, 15) is 4.79 Å². The van der Waals surface area contributed by atoms with E-state index in [1.165, 1.54) is 0 Å². The van der Waals surface area contributed by atoms with Crippen LogP contribution in [0, 0.1) is 0 Å². The monoisotopic (exact) mass is 381 g/mol. The molecule has 0 aliphatic carbocycles. The van der Waals surface area contributed by atoms with Gasteiger partial charge < -0.3 is 9.47 Å². The Labute approximate surface area is 167 Å². The maximum absolute atomic E-state index is 13.1. The van der Waals surface area contributed by atoms with Crippen molar-refractivity contribution < 1.29 is 4.79 Å². The van der Waals surface area contributed by atoms with E-state index in [1.807, 2.05) is 36.0 Å². The minimum absolute atomic E-state index is 0.0837. The number of aromatic nitrogens is 4. The van der Waals surface area contributed by atoms with Crippen LogP contribution in [0.3, 0.4) is 0 Å². The largest absolute Gasteiger partial charge is 0.333 e. The molecule has 2 heterocycles. The fraction of sp³-hybridized carbons (Fsp3) is 0.500. The minimum atomic E-state index is -0.174. The first kappa shape index (κ1) is 20.1. The third-order valence-electron chi connectivity index (χ3n) is 4.96. The summed E-state index contributed by atoms with van der Waals surface area (Å²) in [5.74, 6) is 1.10. The number of fused-ring (bicyclic) bond motifs is 1. The molecule has 0 atom stereocenters. The van der Waals surface area contributed by atoms with Gasteiger partial charge in [-0.25, -0.2) is 4.98 Å². The normalized spacial score (nSPS) is 12.1. The van der Waals surface area contributed by atoms with Gasteiger partial charge in [0.1, 0.15) is 5.82 Å². The third kappa shape index (κ3) is 3.68. The van der Waals surface area contributed by atoms with E-state index in [4.69, 9.17) is 4.98 Å². The molecule has 0 N–H and O–H groups in total. The molecule has 0 saturated carbocycles. The quantitative estimate of drug-likeness (QED) is 0.658. The van der Waals surface area contributed by atoms with Gasteiger partial charge in [-0.15, -0.1) is 0 Å². The number of benzene rings is 1. The number of carbonyl (C=O) groups is 1. The number of rotatable bonds is 5. The van der Waals surface area contributed by atoms with Crippen LogP contribution in [0.2, 0.25) is 0 Å². The minimum Gasteiger partial charge on any atom is -0.333 e. The Kier molecular flexibility index (Phi) is 5.33. The van der Waals surface area contributed by atoms with Crippen LogP contribution in [0.5, 0.6) is 0 Å². The molecule has 3 aromatic rings. The lowest BCUT2D eigenvalue weighted by atomic mass is 10.1. The van der Waals surface area contributed by atoms with Crippen molar-refractivity contribution in [3.63, 3.8) is 0 Å². The first-order valence-electron chi connectivity index (χ1n) is 9.93. The van der Waals surface area contributed by atoms with Crippen molar-refractivity contribution in [2.45, 2.75) is 66.1 Å². The SMILES string of the molecule is CCn1c(CN(C)C(=O)c2cc(C(C)C)n(C(C)(C)C)n2)nc2ccccc21. The second-order valence-corrected chi connectivity index (χ2v) is 8.61. The summed E-state index contributed by atoms with van der Waals surface area (Å²) in [6.45, 7) is 13.9. The highest BCUT2D eigenvalue weighted by atomic mass is 16.2. The van der Waals surface area contributed by atoms with Crippen molar-refractivity contribution in [3.05, 3.63) is 47.5 Å². The molecular weight excluding hydrogens is 350 g/mol. The van der Waals surface area contributed by atoms with Gasteiger partial charge in [0, 0.05) is 19.3 Å². The zero-order chi connectivity index (χ0) is 20.6. The Morgan fingerprint density at radius 3 is 2.46 bits per heavy atom. The maximum atomic E-state index is 13.1. The van der Waals surface area contributed by atoms with Gasteiger partial charge in [0.25, 0.3) is 5.91 Å². The molecule has 150 valence electrons. The maximum Gasteiger partial charge on any atom is 0.274 e. The number of nitrogens with zero attached hydrogens (tertiary/aromatic N) is 5. The highest BCUT2D eigenvalue weighted by molar-refractivity contribution is 5.92. The summed E-state index contributed by atoms with van der Waals surface area (Å²) >= 11 is 0. The summed E-state index contributed by atoms with van der Waals surface area (Å²) in [6, 6.07) is 10.0. The van der Waals surface area contributed by atoms with Gasteiger partial charge in [-0.1, -0.05) is 26.0 Å². The molecule has 1 aromatic carbocycles. The number of carbonyl (C=O) groups excluding carboxylic acids is 1. The van der Waals surface area contributed by atoms with E-state index in [2.05, 4.69) is 57.3 Å². The summed E-state index contributed by atoms with van der Waals surface area (Å²) in [6.07, 6.45) is 0. The molecule has 6 nitrogen and oxygen atoms in total. The van der Waals surface area contributed by atoms with Crippen LogP contribution in [0.4, 0.5) is 0 Å². The summed E-state index contributed by atoms with van der Waals surface area (Å²) in [7, 11) is 1.81. The van der Waals surface area contributed by atoms with Crippen LogP contribution in [0.1, 0.15) is 69.5 Å². The van der Waals surface area contributed by atoms with Gasteiger partial charge in [0.05, 0.1) is 23.1 Å². The molecule has 3 rings (SSSR count). The topological polar surface area (TPSA) is 56.0 Å². The van der Waals surface area contributed by atoms with Crippen LogP contribution in [-0.2, 0) is 18.6 Å². The Morgan fingerprint density at radius 1 is 1.21 bits per heavy atom. The predicted molar refractivity (Wildman–Crippen MR) is 113 cm³/mol. The van der Waals surface area contributed by atoms with Crippen LogP contribution >= 0.6 is 0 Å². The standard InChI is InChI=1S/C22H31N5O/c1-8-26-18-12-10-9-11-16(18)23-20(26)14-25(7)21(28)17-13-19(15(2)3)27(24-17)22(4,5)6/h9-13,15H,8,14H2,1-7H3. The number of aryl methyl sites for hydroxylation is 1. The second-order valence-electron chi connectivity index (χ2n) is 8.61. The lowest BCUT2D eigenvalue weighted by molar-refractivity contribution is 0.0772. The van der Waals surface area contributed by atoms with Gasteiger partial charge in [0.2, 0.25) is 0 Å². The fourth-order valence-corrected chi connectivity index (χ4v) is 3.53. The smallest absolute Gasteiger partial charge is 0.274 e. The molecule has 0 aliphatic heterocycles. The molecule has 28 heavy (non-hydrogen) atoms. The number of hydrogen-bond acceptors (Lipinski definition) is 3. The predicted octanol–water partition coefficient (Wildman–Crippen LogP) is 4.40. The van der Waals surface area contributed by atoms with E-state index in [0.717, 1.165) is 29.1 Å². The lowest BCUT2D eigenvalue weighted by Gasteiger charge is -2.23. The molecular formula is C22H31N5O. The Morgan fingerprint density at radius 2 is 1.89 bits per heavy atom. The molecule has 0 fully saturated rings. The molecule has 0 bridgehead atoms. The highest BCUT2D eigenvalue weighted by Gasteiger charge is 2.25. The van der Waals surface area contributed by atoms with Gasteiger partial charge in [-0.05, 0) is 51.8 Å². The van der Waals surface area contributed by atoms with Crippen molar-refractivity contribution in [3.8, 4) is 0 Å². The van der Waals surface area contributed by atoms with Crippen LogP contribution < -0.4 is 0 Å². The second kappa shape index (κ2) is 7.41. The number of para-hydroxylation sites is 2. The van der Waals surface area contributed by atoms with Crippen molar-refractivity contribution in [1.29, 1.82) is 0 Å². The summed E-state index contributed by atoms with van der Waals surface area (Å²) in [5, 5.41) is 4.65. The molecule has 0 aliphatic rings. The highest BCUT2D eigenvalue weighted by Crippen LogP contribution is 2.24. The molecule has 2 aromatic heterocycles. The van der Waals surface area contributed by atoms with E-state index in [0.29, 0.717) is 18.2 Å². The van der Waals surface area contributed by atoms with Gasteiger partial charge in [-0.2, -0.15) is 5.10 Å². The lowest BCUT2D eigenvalue weighted by Crippen LogP contribution is -2.29. The first-order chi connectivity index (χ1) is 13.1. The number of imidazole rings is 1. The summed E-state index contributed by atoms with van der Waals surface area (Å²) < 4.78 is 4.13. The van der Waals surface area contributed by atoms with E-state index < -0.39 is 0 Å². The van der Waals surface area contributed by atoms with Crippen LogP contribution in [0.15, 0.2) is 30.3 Å². The van der Waals surface area contributed by atoms with E-state index in [-0.39, 0.29) is 11.4 Å². The first-order valence-corrected chi connectivity index (χ1v) is 9.93. The summed E-state index contributed by atoms with van der Waals surface area (Å²) in [4.78, 5) is 19.5. The van der Waals surface area contributed by atoms with Crippen LogP contribution in [-0.4, -0.2) is 37.2 Å². The van der Waals surface area contributed by atoms with Crippen molar-refractivity contribution in [2.75, 3.05) is 7.05 Å². The van der Waals surface area contributed by atoms with Gasteiger partial charge >= 0.3 is 0 Å². The molecule has 6 heteroatoms. The van der Waals surface area contributed by atoms with Gasteiger partial charge in [0.15, 0.2) is 5.69 Å². The average Bonchev–Trinajstić information content (AvgIpc) is 3.22. The number of hydrogen-bond donors (Lipinski definition) is 0. The van der Waals surface area contributed by atoms with Gasteiger partial charge in [-0.3, -0.25) is 9.48 Å². The molecule has 0 spiro atoms. The molecule has 0 saturated heterocycles. The zero-order valence-electron chi connectivity index (χ0n) is 18.0. The third-order valence-corrected chi connectivity index (χ3v) is 4.96. The van der Waals surface area contributed by atoms with Crippen molar-refractivity contribution >= 4 is 16.9 Å². The fourth-order valence-electron chi connectivity index (χ4n) is 3.53. The number of amides is 1. The Bertz CT molecular complexity index is 990. The average molecular weight is 382 g/mol.